The van der Waals surface area contributed by atoms with Gasteiger partial charge in [-0.3, -0.25) is 9.59 Å². The molecule has 1 aromatic rings. The number of carbonyl (C=O) groups is 2. The maximum Gasteiger partial charge on any atom is 0.309 e. The monoisotopic (exact) mass is 228 g/mol. The number of rotatable bonds is 4. The Labute approximate surface area is 91.1 Å². The van der Waals surface area contributed by atoms with Crippen LogP contribution in [0, 0.1) is 0 Å². The van der Waals surface area contributed by atoms with Gasteiger partial charge in [-0.25, -0.2) is 0 Å². The van der Waals surface area contributed by atoms with E-state index in [0.717, 1.165) is 4.88 Å². The predicted octanol–water partition coefficient (Wildman–Crippen LogP) is -0.527. The van der Waals surface area contributed by atoms with Gasteiger partial charge >= 0.3 is 11.8 Å². The number of carbonyl (C=O) groups excluding carboxylic acids is 2. The molecule has 3 N–H and O–H groups in total. The van der Waals surface area contributed by atoms with Crippen LogP contribution in [0.15, 0.2) is 17.5 Å². The Morgan fingerprint density at radius 2 is 2.07 bits per heavy atom. The van der Waals surface area contributed by atoms with Gasteiger partial charge in [-0.1, -0.05) is 6.07 Å². The van der Waals surface area contributed by atoms with Gasteiger partial charge in [0, 0.05) is 11.4 Å². The molecule has 1 aromatic heterocycles. The molecule has 1 rings (SSSR count). The molecule has 0 atom stereocenters. The molecule has 0 aliphatic heterocycles. The van der Waals surface area contributed by atoms with Crippen LogP contribution in [-0.2, 0) is 16.1 Å². The quantitative estimate of drug-likeness (QED) is 0.606. The first-order valence-electron chi connectivity index (χ1n) is 4.43. The average molecular weight is 228 g/mol. The second-order valence-corrected chi connectivity index (χ2v) is 3.77. The number of aliphatic hydroxyl groups excluding tert-OH is 1. The minimum absolute atomic E-state index is 0.0885. The van der Waals surface area contributed by atoms with Crippen molar-refractivity contribution in [2.24, 2.45) is 0 Å². The van der Waals surface area contributed by atoms with Gasteiger partial charge in [0.15, 0.2) is 0 Å². The topological polar surface area (TPSA) is 78.4 Å². The standard InChI is InChI=1S/C9H12N2O3S/c12-4-3-10-8(13)9(14)11-6-7-2-1-5-15-7/h1-2,5,12H,3-4,6H2,(H,10,13)(H,11,14). The second kappa shape index (κ2) is 6.15. The maximum atomic E-state index is 11.1. The van der Waals surface area contributed by atoms with Gasteiger partial charge in [0.1, 0.15) is 0 Å². The van der Waals surface area contributed by atoms with Crippen molar-refractivity contribution in [1.29, 1.82) is 0 Å². The first-order chi connectivity index (χ1) is 7.24. The van der Waals surface area contributed by atoms with Gasteiger partial charge in [-0.15, -0.1) is 11.3 Å². The molecule has 0 saturated carbocycles. The fourth-order valence-corrected chi connectivity index (χ4v) is 1.56. The van der Waals surface area contributed by atoms with E-state index in [0.29, 0.717) is 6.54 Å². The summed E-state index contributed by atoms with van der Waals surface area (Å²) < 4.78 is 0. The first-order valence-corrected chi connectivity index (χ1v) is 5.31. The summed E-state index contributed by atoms with van der Waals surface area (Å²) in [6.45, 7) is 0.262. The van der Waals surface area contributed by atoms with Crippen molar-refractivity contribution < 1.29 is 14.7 Å². The van der Waals surface area contributed by atoms with Gasteiger partial charge in [0.05, 0.1) is 13.2 Å². The molecule has 2 amide bonds. The first kappa shape index (κ1) is 11.7. The Bertz CT molecular complexity index is 324. The highest BCUT2D eigenvalue weighted by atomic mass is 32.1. The molecule has 0 saturated heterocycles. The third-order valence-corrected chi connectivity index (χ3v) is 2.48. The predicted molar refractivity (Wildman–Crippen MR) is 56.3 cm³/mol. The Morgan fingerprint density at radius 3 is 2.67 bits per heavy atom. The summed E-state index contributed by atoms with van der Waals surface area (Å²) >= 11 is 1.51. The molecule has 0 radical (unpaired) electrons. The summed E-state index contributed by atoms with van der Waals surface area (Å²) in [5.41, 5.74) is 0. The van der Waals surface area contributed by atoms with E-state index >= 15 is 0 Å². The summed E-state index contributed by atoms with van der Waals surface area (Å²) in [5, 5.41) is 15.1. The van der Waals surface area contributed by atoms with Crippen LogP contribution in [0.1, 0.15) is 4.88 Å². The summed E-state index contributed by atoms with van der Waals surface area (Å²) in [7, 11) is 0. The highest BCUT2D eigenvalue weighted by Gasteiger charge is 2.11. The van der Waals surface area contributed by atoms with E-state index in [9.17, 15) is 9.59 Å². The van der Waals surface area contributed by atoms with Crippen molar-refractivity contribution in [3.63, 3.8) is 0 Å². The van der Waals surface area contributed by atoms with Crippen LogP contribution >= 0.6 is 11.3 Å². The van der Waals surface area contributed by atoms with Crippen molar-refractivity contribution in [3.05, 3.63) is 22.4 Å². The van der Waals surface area contributed by atoms with Gasteiger partial charge in [0.2, 0.25) is 0 Å². The molecule has 15 heavy (non-hydrogen) atoms. The second-order valence-electron chi connectivity index (χ2n) is 2.74. The van der Waals surface area contributed by atoms with Gasteiger partial charge in [-0.05, 0) is 11.4 Å². The Kier molecular flexibility index (Phi) is 4.79. The van der Waals surface area contributed by atoms with Gasteiger partial charge in [0.25, 0.3) is 0 Å². The zero-order chi connectivity index (χ0) is 11.1. The fraction of sp³-hybridized carbons (Fsp3) is 0.333. The molecule has 82 valence electrons. The number of aliphatic hydroxyl groups is 1. The molecular formula is C9H12N2O3S. The van der Waals surface area contributed by atoms with Crippen LogP contribution in [-0.4, -0.2) is 30.1 Å². The lowest BCUT2D eigenvalue weighted by atomic mass is 10.4. The van der Waals surface area contributed by atoms with Crippen LogP contribution < -0.4 is 10.6 Å². The van der Waals surface area contributed by atoms with Gasteiger partial charge < -0.3 is 15.7 Å². The SMILES string of the molecule is O=C(NCCO)C(=O)NCc1cccs1. The minimum Gasteiger partial charge on any atom is -0.395 e. The van der Waals surface area contributed by atoms with Crippen LogP contribution in [0.25, 0.3) is 0 Å². The molecule has 0 fully saturated rings. The van der Waals surface area contributed by atoms with E-state index in [-0.39, 0.29) is 13.2 Å². The summed E-state index contributed by atoms with van der Waals surface area (Å²) in [4.78, 5) is 23.2. The van der Waals surface area contributed by atoms with E-state index in [1.54, 1.807) is 0 Å². The lowest BCUT2D eigenvalue weighted by Gasteiger charge is -2.03. The molecule has 0 bridgehead atoms. The van der Waals surface area contributed by atoms with Crippen LogP contribution in [0.4, 0.5) is 0 Å². The van der Waals surface area contributed by atoms with E-state index in [1.165, 1.54) is 11.3 Å². The van der Waals surface area contributed by atoms with Crippen molar-refractivity contribution in [2.45, 2.75) is 6.54 Å². The molecule has 0 unspecified atom stereocenters. The van der Waals surface area contributed by atoms with Crippen molar-refractivity contribution in [1.82, 2.24) is 10.6 Å². The average Bonchev–Trinajstić information content (AvgIpc) is 2.75. The van der Waals surface area contributed by atoms with Crippen molar-refractivity contribution in [3.8, 4) is 0 Å². The number of amides is 2. The Balaban J connectivity index is 2.26. The summed E-state index contributed by atoms with van der Waals surface area (Å²) in [6.07, 6.45) is 0. The fourth-order valence-electron chi connectivity index (χ4n) is 0.911. The maximum absolute atomic E-state index is 11.1. The summed E-state index contributed by atoms with van der Waals surface area (Å²) in [6, 6.07) is 3.74. The molecule has 0 aliphatic rings. The highest BCUT2D eigenvalue weighted by molar-refractivity contribution is 7.09. The molecule has 1 heterocycles. The minimum atomic E-state index is -0.722. The molecule has 5 nitrogen and oxygen atoms in total. The molecule has 0 spiro atoms. The number of hydrogen-bond donors (Lipinski definition) is 3. The van der Waals surface area contributed by atoms with E-state index in [2.05, 4.69) is 10.6 Å². The smallest absolute Gasteiger partial charge is 0.309 e. The van der Waals surface area contributed by atoms with E-state index < -0.39 is 11.8 Å². The molecule has 0 aliphatic carbocycles. The van der Waals surface area contributed by atoms with Crippen LogP contribution in [0.3, 0.4) is 0 Å². The third-order valence-electron chi connectivity index (χ3n) is 1.61. The summed E-state index contributed by atoms with van der Waals surface area (Å²) in [5.74, 6) is -1.41. The Hall–Kier alpha value is -1.40. The zero-order valence-corrected chi connectivity index (χ0v) is 8.84. The van der Waals surface area contributed by atoms with Gasteiger partial charge in [-0.2, -0.15) is 0 Å². The lowest BCUT2D eigenvalue weighted by Crippen LogP contribution is -2.40. The lowest BCUT2D eigenvalue weighted by molar-refractivity contribution is -0.139. The molecule has 0 aromatic carbocycles. The normalized spacial score (nSPS) is 9.67. The third kappa shape index (κ3) is 4.09. The highest BCUT2D eigenvalue weighted by Crippen LogP contribution is 2.06. The number of nitrogens with one attached hydrogen (secondary N) is 2. The number of thiophene rings is 1. The van der Waals surface area contributed by atoms with Crippen molar-refractivity contribution in [2.75, 3.05) is 13.2 Å². The molecule has 6 heteroatoms. The Morgan fingerprint density at radius 1 is 1.33 bits per heavy atom. The number of hydrogen-bond acceptors (Lipinski definition) is 4. The van der Waals surface area contributed by atoms with Crippen LogP contribution in [0.2, 0.25) is 0 Å². The molecular weight excluding hydrogens is 216 g/mol. The van der Waals surface area contributed by atoms with E-state index in [4.69, 9.17) is 5.11 Å². The van der Waals surface area contributed by atoms with Crippen molar-refractivity contribution >= 4 is 23.2 Å². The van der Waals surface area contributed by atoms with E-state index in [1.807, 2.05) is 17.5 Å². The zero-order valence-electron chi connectivity index (χ0n) is 8.03. The van der Waals surface area contributed by atoms with Crippen LogP contribution in [0.5, 0.6) is 0 Å². The largest absolute Gasteiger partial charge is 0.395 e.